The summed E-state index contributed by atoms with van der Waals surface area (Å²) >= 11 is 6.09. The van der Waals surface area contributed by atoms with Crippen molar-refractivity contribution in [1.29, 1.82) is 0 Å². The van der Waals surface area contributed by atoms with Crippen LogP contribution in [0.15, 0.2) is 18.2 Å². The van der Waals surface area contributed by atoms with Crippen LogP contribution in [0.1, 0.15) is 47.2 Å². The number of halogens is 1. The molecule has 1 N–H and O–H groups in total. The van der Waals surface area contributed by atoms with Crippen molar-refractivity contribution in [2.45, 2.75) is 43.9 Å². The van der Waals surface area contributed by atoms with Gasteiger partial charge in [-0.15, -0.1) is 11.6 Å². The molecule has 2 atom stereocenters. The molecule has 2 nitrogen and oxygen atoms in total. The second-order valence-corrected chi connectivity index (χ2v) is 6.44. The van der Waals surface area contributed by atoms with Crippen molar-refractivity contribution in [3.8, 4) is 0 Å². The molecule has 19 heavy (non-hydrogen) atoms. The predicted molar refractivity (Wildman–Crippen MR) is 77.8 cm³/mol. The number of aryl methyl sites for hydroxylation is 2. The first-order valence-corrected chi connectivity index (χ1v) is 7.70. The van der Waals surface area contributed by atoms with Gasteiger partial charge in [0.1, 0.15) is 0 Å². The maximum Gasteiger partial charge on any atom is 0.251 e. The number of fused-ring (bicyclic) bond motifs is 1. The lowest BCUT2D eigenvalue weighted by Crippen LogP contribution is -2.28. The number of carbonyl (C=O) groups is 1. The van der Waals surface area contributed by atoms with Gasteiger partial charge in [-0.25, -0.2) is 0 Å². The number of benzene rings is 1. The largest absolute Gasteiger partial charge is 0.352 e. The summed E-state index contributed by atoms with van der Waals surface area (Å²) in [6.07, 6.45) is 6.76. The minimum Gasteiger partial charge on any atom is -0.352 e. The number of rotatable bonds is 3. The SMILES string of the molecule is O=C(NCC1CCC(Cl)C1)c1ccc2c(c1)CCC2. The van der Waals surface area contributed by atoms with Gasteiger partial charge in [0.25, 0.3) is 5.91 Å². The van der Waals surface area contributed by atoms with Crippen LogP contribution in [0, 0.1) is 5.92 Å². The fraction of sp³-hybridized carbons (Fsp3) is 0.562. The van der Waals surface area contributed by atoms with Gasteiger partial charge < -0.3 is 5.32 Å². The fourth-order valence-electron chi connectivity index (χ4n) is 3.25. The zero-order chi connectivity index (χ0) is 13.2. The summed E-state index contributed by atoms with van der Waals surface area (Å²) in [5.41, 5.74) is 3.58. The van der Waals surface area contributed by atoms with E-state index in [1.165, 1.54) is 17.5 Å². The summed E-state index contributed by atoms with van der Waals surface area (Å²) in [7, 11) is 0. The van der Waals surface area contributed by atoms with Crippen LogP contribution in [0.4, 0.5) is 0 Å². The van der Waals surface area contributed by atoms with Crippen LogP contribution in [0.3, 0.4) is 0 Å². The first kappa shape index (κ1) is 13.0. The van der Waals surface area contributed by atoms with Gasteiger partial charge in [-0.1, -0.05) is 6.07 Å². The first-order chi connectivity index (χ1) is 9.22. The molecule has 0 aromatic heterocycles. The Kier molecular flexibility index (Phi) is 3.79. The van der Waals surface area contributed by atoms with E-state index in [2.05, 4.69) is 17.4 Å². The maximum absolute atomic E-state index is 12.1. The highest BCUT2D eigenvalue weighted by molar-refractivity contribution is 6.20. The van der Waals surface area contributed by atoms with E-state index in [1.54, 1.807) is 0 Å². The highest BCUT2D eigenvalue weighted by Gasteiger charge is 2.23. The molecule has 102 valence electrons. The highest BCUT2D eigenvalue weighted by atomic mass is 35.5. The van der Waals surface area contributed by atoms with Crippen LogP contribution in [-0.4, -0.2) is 17.8 Å². The van der Waals surface area contributed by atoms with Gasteiger partial charge >= 0.3 is 0 Å². The van der Waals surface area contributed by atoms with Gasteiger partial charge in [-0.2, -0.15) is 0 Å². The van der Waals surface area contributed by atoms with E-state index in [1.807, 2.05) is 6.07 Å². The molecule has 1 amide bonds. The molecule has 0 spiro atoms. The van der Waals surface area contributed by atoms with Crippen molar-refractivity contribution in [3.63, 3.8) is 0 Å². The molecule has 3 rings (SSSR count). The van der Waals surface area contributed by atoms with E-state index < -0.39 is 0 Å². The zero-order valence-electron chi connectivity index (χ0n) is 11.1. The van der Waals surface area contributed by atoms with Crippen LogP contribution in [0.25, 0.3) is 0 Å². The molecule has 2 aliphatic carbocycles. The Hall–Kier alpha value is -1.02. The Morgan fingerprint density at radius 3 is 2.89 bits per heavy atom. The molecule has 0 aliphatic heterocycles. The minimum absolute atomic E-state index is 0.0627. The number of hydrogen-bond donors (Lipinski definition) is 1. The normalized spacial score (nSPS) is 25.3. The van der Waals surface area contributed by atoms with Crippen molar-refractivity contribution >= 4 is 17.5 Å². The number of nitrogens with one attached hydrogen (secondary N) is 1. The van der Waals surface area contributed by atoms with Crippen LogP contribution in [-0.2, 0) is 12.8 Å². The van der Waals surface area contributed by atoms with E-state index in [0.29, 0.717) is 11.3 Å². The van der Waals surface area contributed by atoms with Gasteiger partial charge in [0.05, 0.1) is 0 Å². The molecular weight excluding hydrogens is 258 g/mol. The molecule has 2 aliphatic rings. The lowest BCUT2D eigenvalue weighted by molar-refractivity contribution is 0.0947. The van der Waals surface area contributed by atoms with E-state index in [-0.39, 0.29) is 5.91 Å². The van der Waals surface area contributed by atoms with Crippen molar-refractivity contribution in [3.05, 3.63) is 34.9 Å². The number of alkyl halides is 1. The Morgan fingerprint density at radius 1 is 1.26 bits per heavy atom. The molecular formula is C16H20ClNO. The lowest BCUT2D eigenvalue weighted by atomic mass is 10.1. The highest BCUT2D eigenvalue weighted by Crippen LogP contribution is 2.29. The minimum atomic E-state index is 0.0627. The Morgan fingerprint density at radius 2 is 2.11 bits per heavy atom. The third-order valence-electron chi connectivity index (χ3n) is 4.39. The average molecular weight is 278 g/mol. The van der Waals surface area contributed by atoms with Crippen molar-refractivity contribution < 1.29 is 4.79 Å². The molecule has 0 radical (unpaired) electrons. The van der Waals surface area contributed by atoms with E-state index in [0.717, 1.165) is 44.2 Å². The molecule has 1 saturated carbocycles. The van der Waals surface area contributed by atoms with E-state index >= 15 is 0 Å². The molecule has 1 aromatic rings. The van der Waals surface area contributed by atoms with Gasteiger partial charge in [0.2, 0.25) is 0 Å². The van der Waals surface area contributed by atoms with E-state index in [9.17, 15) is 4.79 Å². The average Bonchev–Trinajstić information content (AvgIpc) is 3.03. The van der Waals surface area contributed by atoms with Crippen LogP contribution < -0.4 is 5.32 Å². The van der Waals surface area contributed by atoms with Crippen LogP contribution >= 0.6 is 11.6 Å². The zero-order valence-corrected chi connectivity index (χ0v) is 11.9. The quantitative estimate of drug-likeness (QED) is 0.844. The molecule has 1 aromatic carbocycles. The fourth-order valence-corrected chi connectivity index (χ4v) is 3.63. The summed E-state index contributed by atoms with van der Waals surface area (Å²) < 4.78 is 0. The molecule has 2 unspecified atom stereocenters. The molecule has 0 bridgehead atoms. The Balaban J connectivity index is 1.58. The summed E-state index contributed by atoms with van der Waals surface area (Å²) in [6.45, 7) is 0.763. The molecule has 1 fully saturated rings. The van der Waals surface area contributed by atoms with Crippen LogP contribution in [0.5, 0.6) is 0 Å². The molecule has 0 saturated heterocycles. The number of carbonyl (C=O) groups excluding carboxylic acids is 1. The van der Waals surface area contributed by atoms with Crippen molar-refractivity contribution in [1.82, 2.24) is 5.32 Å². The second-order valence-electron chi connectivity index (χ2n) is 5.82. The third kappa shape index (κ3) is 2.94. The predicted octanol–water partition coefficient (Wildman–Crippen LogP) is 3.31. The summed E-state index contributed by atoms with van der Waals surface area (Å²) in [6, 6.07) is 6.14. The van der Waals surface area contributed by atoms with Crippen LogP contribution in [0.2, 0.25) is 0 Å². The molecule has 0 heterocycles. The van der Waals surface area contributed by atoms with Gasteiger partial charge in [0, 0.05) is 17.5 Å². The van der Waals surface area contributed by atoms with E-state index in [4.69, 9.17) is 11.6 Å². The monoisotopic (exact) mass is 277 g/mol. The first-order valence-electron chi connectivity index (χ1n) is 7.26. The number of amides is 1. The third-order valence-corrected chi connectivity index (χ3v) is 4.79. The smallest absolute Gasteiger partial charge is 0.251 e. The number of hydrogen-bond acceptors (Lipinski definition) is 1. The topological polar surface area (TPSA) is 29.1 Å². The van der Waals surface area contributed by atoms with Gasteiger partial charge in [0.15, 0.2) is 0 Å². The van der Waals surface area contributed by atoms with Gasteiger partial charge in [-0.3, -0.25) is 4.79 Å². The van der Waals surface area contributed by atoms with Gasteiger partial charge in [-0.05, 0) is 67.7 Å². The second kappa shape index (κ2) is 5.54. The molecule has 3 heteroatoms. The Bertz CT molecular complexity index is 486. The summed E-state index contributed by atoms with van der Waals surface area (Å²) in [5.74, 6) is 0.619. The summed E-state index contributed by atoms with van der Waals surface area (Å²) in [5, 5.41) is 3.36. The standard InChI is InChI=1S/C16H20ClNO/c17-15-7-4-11(8-15)10-18-16(19)14-6-5-12-2-1-3-13(12)9-14/h5-6,9,11,15H,1-4,7-8,10H2,(H,18,19). The Labute approximate surface area is 119 Å². The lowest BCUT2D eigenvalue weighted by Gasteiger charge is -2.11. The van der Waals surface area contributed by atoms with Crippen molar-refractivity contribution in [2.24, 2.45) is 5.92 Å². The maximum atomic E-state index is 12.1. The van der Waals surface area contributed by atoms with Crippen molar-refractivity contribution in [2.75, 3.05) is 6.54 Å². The summed E-state index contributed by atoms with van der Waals surface area (Å²) in [4.78, 5) is 12.1.